The molecule has 0 aliphatic carbocycles. The second kappa shape index (κ2) is 5.87. The van der Waals surface area contributed by atoms with Gasteiger partial charge in [-0.2, -0.15) is 13.2 Å². The maximum atomic E-state index is 12.1. The van der Waals surface area contributed by atoms with E-state index >= 15 is 0 Å². The summed E-state index contributed by atoms with van der Waals surface area (Å²) in [6.45, 7) is 0. The van der Waals surface area contributed by atoms with Crippen molar-refractivity contribution in [3.05, 3.63) is 23.8 Å². The lowest BCUT2D eigenvalue weighted by molar-refractivity contribution is -0.150. The number of hydrogen-bond donors (Lipinski definition) is 2. The highest BCUT2D eigenvalue weighted by atomic mass is 32.1. The molecule has 0 atom stereocenters. The Balaban J connectivity index is 3.05. The largest absolute Gasteiger partial charge is 0.495 e. The van der Waals surface area contributed by atoms with Gasteiger partial charge in [-0.25, -0.2) is 0 Å². The number of methoxy groups -OCH3 is 1. The topological polar surface area (TPSA) is 64.3 Å². The summed E-state index contributed by atoms with van der Waals surface area (Å²) in [7, 11) is 1.32. The van der Waals surface area contributed by atoms with Crippen LogP contribution in [0.2, 0.25) is 0 Å². The Morgan fingerprint density at radius 1 is 1.47 bits per heavy atom. The Hall–Kier alpha value is -1.83. The molecule has 0 heterocycles. The van der Waals surface area contributed by atoms with Gasteiger partial charge in [-0.1, -0.05) is 18.3 Å². The average molecular weight is 292 g/mol. The highest BCUT2D eigenvalue weighted by Gasteiger charge is 2.31. The van der Waals surface area contributed by atoms with Crippen LogP contribution in [-0.4, -0.2) is 24.2 Å². The average Bonchev–Trinajstić information content (AvgIpc) is 2.26. The quantitative estimate of drug-likeness (QED) is 0.835. The molecule has 1 rings (SSSR count). The van der Waals surface area contributed by atoms with Gasteiger partial charge in [-0.05, 0) is 12.1 Å². The summed E-state index contributed by atoms with van der Waals surface area (Å²) in [5, 5.41) is 2.12. The lowest BCUT2D eigenvalue weighted by atomic mass is 10.1. The summed E-state index contributed by atoms with van der Waals surface area (Å²) >= 11 is 4.77. The fourth-order valence-electron chi connectivity index (χ4n) is 1.40. The van der Waals surface area contributed by atoms with Crippen molar-refractivity contribution >= 4 is 28.8 Å². The van der Waals surface area contributed by atoms with Crippen LogP contribution >= 0.6 is 12.2 Å². The Labute approximate surface area is 112 Å². The van der Waals surface area contributed by atoms with Crippen molar-refractivity contribution in [2.24, 2.45) is 5.73 Å². The molecular weight excluding hydrogens is 281 g/mol. The van der Waals surface area contributed by atoms with Gasteiger partial charge in [0.05, 0.1) is 12.8 Å². The normalized spacial score (nSPS) is 10.9. The van der Waals surface area contributed by atoms with E-state index in [1.54, 1.807) is 6.07 Å². The zero-order valence-electron chi connectivity index (χ0n) is 9.88. The fraction of sp³-hybridized carbons (Fsp3) is 0.273. The van der Waals surface area contributed by atoms with E-state index in [0.717, 1.165) is 0 Å². The van der Waals surface area contributed by atoms with Gasteiger partial charge >= 0.3 is 6.18 Å². The Morgan fingerprint density at radius 2 is 2.11 bits per heavy atom. The molecule has 0 fully saturated rings. The first-order chi connectivity index (χ1) is 8.74. The molecule has 4 nitrogen and oxygen atoms in total. The fourth-order valence-corrected chi connectivity index (χ4v) is 1.57. The van der Waals surface area contributed by atoms with E-state index in [1.165, 1.54) is 19.2 Å². The van der Waals surface area contributed by atoms with Crippen molar-refractivity contribution < 1.29 is 22.7 Å². The SMILES string of the molecule is COc1cccc(C(N)=S)c1NC(=O)CC(F)(F)F. The van der Waals surface area contributed by atoms with Gasteiger partial charge < -0.3 is 15.8 Å². The summed E-state index contributed by atoms with van der Waals surface area (Å²) in [6.07, 6.45) is -6.18. The second-order valence-electron chi connectivity index (χ2n) is 3.59. The number of nitrogens with one attached hydrogen (secondary N) is 1. The number of rotatable bonds is 4. The van der Waals surface area contributed by atoms with E-state index in [4.69, 9.17) is 22.7 Å². The van der Waals surface area contributed by atoms with E-state index in [1.807, 2.05) is 0 Å². The number of carbonyl (C=O) groups is 1. The molecule has 0 aromatic heterocycles. The van der Waals surface area contributed by atoms with E-state index in [0.29, 0.717) is 0 Å². The number of amides is 1. The van der Waals surface area contributed by atoms with Crippen LogP contribution in [0, 0.1) is 0 Å². The first kappa shape index (κ1) is 15.2. The minimum absolute atomic E-state index is 0.0340. The third-order valence-electron chi connectivity index (χ3n) is 2.14. The zero-order valence-corrected chi connectivity index (χ0v) is 10.7. The van der Waals surface area contributed by atoms with Crippen molar-refractivity contribution in [1.82, 2.24) is 0 Å². The van der Waals surface area contributed by atoms with Crippen LogP contribution in [-0.2, 0) is 4.79 Å². The van der Waals surface area contributed by atoms with Gasteiger partial charge in [0.2, 0.25) is 5.91 Å². The first-order valence-corrected chi connectivity index (χ1v) is 5.49. The molecular formula is C11H11F3N2O2S. The lowest BCUT2D eigenvalue weighted by Crippen LogP contribution is -2.23. The highest BCUT2D eigenvalue weighted by molar-refractivity contribution is 7.80. The monoisotopic (exact) mass is 292 g/mol. The molecule has 0 radical (unpaired) electrons. The van der Waals surface area contributed by atoms with Crippen LogP contribution in [0.25, 0.3) is 0 Å². The number of ether oxygens (including phenoxy) is 1. The molecule has 0 aliphatic heterocycles. The molecule has 8 heteroatoms. The molecule has 0 saturated heterocycles. The maximum Gasteiger partial charge on any atom is 0.397 e. The van der Waals surface area contributed by atoms with Crippen LogP contribution in [0.5, 0.6) is 5.75 Å². The van der Waals surface area contributed by atoms with E-state index in [2.05, 4.69) is 5.32 Å². The summed E-state index contributed by atoms with van der Waals surface area (Å²) in [5.74, 6) is -1.03. The van der Waals surface area contributed by atoms with Crippen LogP contribution in [0.3, 0.4) is 0 Å². The van der Waals surface area contributed by atoms with Gasteiger partial charge in [0, 0.05) is 5.56 Å². The molecule has 19 heavy (non-hydrogen) atoms. The zero-order chi connectivity index (χ0) is 14.6. The molecule has 0 spiro atoms. The van der Waals surface area contributed by atoms with Crippen molar-refractivity contribution in [3.8, 4) is 5.75 Å². The predicted molar refractivity (Wildman–Crippen MR) is 68.2 cm³/mol. The minimum Gasteiger partial charge on any atom is -0.495 e. The van der Waals surface area contributed by atoms with Crippen LogP contribution < -0.4 is 15.8 Å². The molecule has 0 bridgehead atoms. The number of halogens is 3. The summed E-state index contributed by atoms with van der Waals surface area (Å²) in [5.41, 5.74) is 5.72. The standard InChI is InChI=1S/C11H11F3N2O2S/c1-18-7-4-2-3-6(10(15)19)9(7)16-8(17)5-11(12,13)14/h2-4H,5H2,1H3,(H2,15,19)(H,16,17). The highest BCUT2D eigenvalue weighted by Crippen LogP contribution is 2.29. The molecule has 1 aromatic carbocycles. The molecule has 0 saturated carbocycles. The Kier molecular flexibility index (Phi) is 4.71. The molecule has 3 N–H and O–H groups in total. The van der Waals surface area contributed by atoms with E-state index < -0.39 is 18.5 Å². The smallest absolute Gasteiger partial charge is 0.397 e. The molecule has 104 valence electrons. The van der Waals surface area contributed by atoms with E-state index in [9.17, 15) is 18.0 Å². The number of nitrogens with two attached hydrogens (primary N) is 1. The number of thiocarbonyl (C=S) groups is 1. The number of anilines is 1. The Morgan fingerprint density at radius 3 is 2.58 bits per heavy atom. The van der Waals surface area contributed by atoms with Crippen LogP contribution in [0.15, 0.2) is 18.2 Å². The van der Waals surface area contributed by atoms with Crippen molar-refractivity contribution in [2.75, 3.05) is 12.4 Å². The molecule has 1 aromatic rings. The lowest BCUT2D eigenvalue weighted by Gasteiger charge is -2.14. The van der Waals surface area contributed by atoms with Gasteiger partial charge in [-0.15, -0.1) is 0 Å². The number of carbonyl (C=O) groups excluding carboxylic acids is 1. The third-order valence-corrected chi connectivity index (χ3v) is 2.36. The Bertz CT molecular complexity index is 503. The van der Waals surface area contributed by atoms with Gasteiger partial charge in [-0.3, -0.25) is 4.79 Å². The number of para-hydroxylation sites is 1. The predicted octanol–water partition coefficient (Wildman–Crippen LogP) is 2.22. The van der Waals surface area contributed by atoms with Gasteiger partial charge in [0.1, 0.15) is 17.2 Å². The van der Waals surface area contributed by atoms with Gasteiger partial charge in [0.25, 0.3) is 0 Å². The third kappa shape index (κ3) is 4.40. The first-order valence-electron chi connectivity index (χ1n) is 5.08. The minimum atomic E-state index is -4.59. The van der Waals surface area contributed by atoms with Crippen molar-refractivity contribution in [1.29, 1.82) is 0 Å². The van der Waals surface area contributed by atoms with Crippen LogP contribution in [0.1, 0.15) is 12.0 Å². The van der Waals surface area contributed by atoms with Crippen molar-refractivity contribution in [2.45, 2.75) is 12.6 Å². The second-order valence-corrected chi connectivity index (χ2v) is 4.03. The molecule has 0 aliphatic rings. The number of hydrogen-bond acceptors (Lipinski definition) is 3. The number of benzene rings is 1. The number of alkyl halides is 3. The van der Waals surface area contributed by atoms with Crippen molar-refractivity contribution in [3.63, 3.8) is 0 Å². The summed E-state index contributed by atoms with van der Waals surface area (Å²) in [4.78, 5) is 11.2. The maximum absolute atomic E-state index is 12.1. The summed E-state index contributed by atoms with van der Waals surface area (Å²) in [6, 6.07) is 4.52. The molecule has 1 amide bonds. The van der Waals surface area contributed by atoms with E-state index in [-0.39, 0.29) is 22.0 Å². The van der Waals surface area contributed by atoms with Gasteiger partial charge in [0.15, 0.2) is 0 Å². The summed E-state index contributed by atoms with van der Waals surface area (Å²) < 4.78 is 41.3. The molecule has 0 unspecified atom stereocenters. The van der Waals surface area contributed by atoms with Crippen LogP contribution in [0.4, 0.5) is 18.9 Å².